The molecule has 136 valence electrons. The van der Waals surface area contributed by atoms with E-state index in [1.807, 2.05) is 63.2 Å². The van der Waals surface area contributed by atoms with Crippen molar-refractivity contribution in [2.45, 2.75) is 39.2 Å². The van der Waals surface area contributed by atoms with Crippen LogP contribution in [0.25, 0.3) is 0 Å². The van der Waals surface area contributed by atoms with Gasteiger partial charge in [0.05, 0.1) is 31.5 Å². The topological polar surface area (TPSA) is 48.0 Å². The first kappa shape index (κ1) is 17.1. The number of carbonyl (C=O) groups is 1. The summed E-state index contributed by atoms with van der Waals surface area (Å²) in [4.78, 5) is 15.1. The van der Waals surface area contributed by atoms with E-state index in [1.54, 1.807) is 4.90 Å². The Morgan fingerprint density at radius 2 is 1.85 bits per heavy atom. The first-order valence-electron chi connectivity index (χ1n) is 8.97. The molecule has 0 atom stereocenters. The van der Waals surface area contributed by atoms with Gasteiger partial charge < -0.3 is 19.1 Å². The molecule has 0 aromatic heterocycles. The second-order valence-electron chi connectivity index (χ2n) is 6.95. The van der Waals surface area contributed by atoms with Gasteiger partial charge in [-0.1, -0.05) is 36.4 Å². The van der Waals surface area contributed by atoms with Gasteiger partial charge in [-0.15, -0.1) is 0 Å². The van der Waals surface area contributed by atoms with Gasteiger partial charge in [0.1, 0.15) is 5.75 Å². The lowest BCUT2D eigenvalue weighted by Crippen LogP contribution is -2.41. The van der Waals surface area contributed by atoms with Gasteiger partial charge in [0.25, 0.3) is 11.7 Å². The number of ether oxygens (including phenoxy) is 3. The van der Waals surface area contributed by atoms with Gasteiger partial charge in [0.2, 0.25) is 0 Å². The Hall–Kier alpha value is -2.37. The van der Waals surface area contributed by atoms with Crippen molar-refractivity contribution in [2.75, 3.05) is 18.1 Å². The van der Waals surface area contributed by atoms with Crippen LogP contribution in [0.1, 0.15) is 30.5 Å². The van der Waals surface area contributed by atoms with Gasteiger partial charge in [-0.2, -0.15) is 0 Å². The molecule has 0 bridgehead atoms. The second kappa shape index (κ2) is 6.41. The molecular weight excluding hydrogens is 330 g/mol. The molecular formula is C21H23NO4. The van der Waals surface area contributed by atoms with E-state index in [2.05, 4.69) is 0 Å². The maximum absolute atomic E-state index is 13.3. The highest BCUT2D eigenvalue weighted by molar-refractivity contribution is 6.07. The Kier molecular flexibility index (Phi) is 4.21. The van der Waals surface area contributed by atoms with Gasteiger partial charge in [-0.3, -0.25) is 4.79 Å². The number of rotatable bonds is 4. The summed E-state index contributed by atoms with van der Waals surface area (Å²) in [6, 6.07) is 13.7. The number of hydrogen-bond donors (Lipinski definition) is 0. The molecule has 2 heterocycles. The Morgan fingerprint density at radius 3 is 2.58 bits per heavy atom. The van der Waals surface area contributed by atoms with E-state index in [1.165, 1.54) is 0 Å². The van der Waals surface area contributed by atoms with E-state index in [4.69, 9.17) is 14.2 Å². The third-order valence-corrected chi connectivity index (χ3v) is 4.75. The summed E-state index contributed by atoms with van der Waals surface area (Å²) in [5, 5.41) is 0. The van der Waals surface area contributed by atoms with Crippen LogP contribution in [0.15, 0.2) is 42.5 Å². The van der Waals surface area contributed by atoms with Crippen LogP contribution >= 0.6 is 0 Å². The fourth-order valence-corrected chi connectivity index (χ4v) is 3.69. The Labute approximate surface area is 153 Å². The summed E-state index contributed by atoms with van der Waals surface area (Å²) >= 11 is 0. The Balaban J connectivity index is 1.76. The number of carbonyl (C=O) groups excluding carboxylic acids is 1. The number of para-hydroxylation sites is 2. The molecule has 0 aliphatic carbocycles. The van der Waals surface area contributed by atoms with Crippen molar-refractivity contribution >= 4 is 11.6 Å². The normalized spacial score (nSPS) is 18.0. The van der Waals surface area contributed by atoms with Gasteiger partial charge in [-0.25, -0.2) is 0 Å². The fourth-order valence-electron chi connectivity index (χ4n) is 3.69. The molecule has 4 rings (SSSR count). The molecule has 1 spiro atoms. The molecule has 2 aliphatic heterocycles. The zero-order valence-electron chi connectivity index (χ0n) is 15.3. The standard InChI is InChI=1S/C21H23NO4/c1-14(2)26-18-10-5-4-8-16(18)13-22-19-15(3)7-6-9-17(19)21(20(22)23)24-11-12-25-21/h4-10,14H,11-13H2,1-3H3. The molecule has 0 radical (unpaired) electrons. The quantitative estimate of drug-likeness (QED) is 0.844. The molecule has 26 heavy (non-hydrogen) atoms. The number of anilines is 1. The van der Waals surface area contributed by atoms with Crippen LogP contribution < -0.4 is 9.64 Å². The van der Waals surface area contributed by atoms with Gasteiger partial charge in [0.15, 0.2) is 0 Å². The first-order chi connectivity index (χ1) is 12.5. The molecule has 0 N–H and O–H groups in total. The van der Waals surface area contributed by atoms with Gasteiger partial charge >= 0.3 is 0 Å². The SMILES string of the molecule is Cc1cccc2c1N(Cc1ccccc1OC(C)C)C(=O)C21OCCO1. The zero-order chi connectivity index (χ0) is 18.3. The van der Waals surface area contributed by atoms with E-state index in [-0.39, 0.29) is 12.0 Å². The van der Waals surface area contributed by atoms with Crippen molar-refractivity contribution < 1.29 is 19.0 Å². The average molecular weight is 353 g/mol. The predicted octanol–water partition coefficient (Wildman–Crippen LogP) is 3.53. The molecule has 2 aromatic carbocycles. The second-order valence-corrected chi connectivity index (χ2v) is 6.95. The number of nitrogens with zero attached hydrogens (tertiary/aromatic N) is 1. The van der Waals surface area contributed by atoms with E-state index >= 15 is 0 Å². The van der Waals surface area contributed by atoms with E-state index in [0.717, 1.165) is 28.1 Å². The Bertz CT molecular complexity index is 840. The number of amides is 1. The van der Waals surface area contributed by atoms with Crippen LogP contribution in [0.4, 0.5) is 5.69 Å². The van der Waals surface area contributed by atoms with Crippen LogP contribution in [0.2, 0.25) is 0 Å². The molecule has 5 heteroatoms. The average Bonchev–Trinajstić information content (AvgIpc) is 3.18. The number of benzene rings is 2. The van der Waals surface area contributed by atoms with E-state index in [0.29, 0.717) is 19.8 Å². The highest BCUT2D eigenvalue weighted by Gasteiger charge is 2.56. The van der Waals surface area contributed by atoms with Gasteiger partial charge in [0, 0.05) is 11.1 Å². The number of hydrogen-bond acceptors (Lipinski definition) is 4. The minimum Gasteiger partial charge on any atom is -0.491 e. The summed E-state index contributed by atoms with van der Waals surface area (Å²) in [5.41, 5.74) is 3.65. The van der Waals surface area contributed by atoms with Crippen molar-refractivity contribution in [1.82, 2.24) is 0 Å². The summed E-state index contributed by atoms with van der Waals surface area (Å²) in [5.74, 6) is -0.673. The van der Waals surface area contributed by atoms with Crippen LogP contribution in [0.5, 0.6) is 5.75 Å². The first-order valence-corrected chi connectivity index (χ1v) is 8.97. The molecule has 2 aliphatic rings. The van der Waals surface area contributed by atoms with Crippen molar-refractivity contribution in [2.24, 2.45) is 0 Å². The third kappa shape index (κ3) is 2.59. The molecule has 5 nitrogen and oxygen atoms in total. The molecule has 0 saturated carbocycles. The number of aryl methyl sites for hydroxylation is 1. The monoisotopic (exact) mass is 353 g/mol. The van der Waals surface area contributed by atoms with E-state index in [9.17, 15) is 4.79 Å². The molecule has 1 amide bonds. The summed E-state index contributed by atoms with van der Waals surface area (Å²) < 4.78 is 17.6. The maximum Gasteiger partial charge on any atom is 0.292 e. The highest BCUT2D eigenvalue weighted by atomic mass is 16.7. The molecule has 1 saturated heterocycles. The molecule has 0 unspecified atom stereocenters. The van der Waals surface area contributed by atoms with Crippen LogP contribution in [0, 0.1) is 6.92 Å². The van der Waals surface area contributed by atoms with Crippen LogP contribution in [-0.2, 0) is 26.6 Å². The lowest BCUT2D eigenvalue weighted by Gasteiger charge is -2.23. The molecule has 2 aromatic rings. The third-order valence-electron chi connectivity index (χ3n) is 4.75. The molecule has 1 fully saturated rings. The van der Waals surface area contributed by atoms with Crippen LogP contribution in [-0.4, -0.2) is 25.2 Å². The van der Waals surface area contributed by atoms with Crippen LogP contribution in [0.3, 0.4) is 0 Å². The predicted molar refractivity (Wildman–Crippen MR) is 98.2 cm³/mol. The maximum atomic E-state index is 13.3. The highest BCUT2D eigenvalue weighted by Crippen LogP contribution is 2.47. The largest absolute Gasteiger partial charge is 0.491 e. The van der Waals surface area contributed by atoms with Crippen molar-refractivity contribution in [3.63, 3.8) is 0 Å². The minimum absolute atomic E-state index is 0.0623. The smallest absolute Gasteiger partial charge is 0.292 e. The lowest BCUT2D eigenvalue weighted by atomic mass is 10.0. The fraction of sp³-hybridized carbons (Fsp3) is 0.381. The summed E-state index contributed by atoms with van der Waals surface area (Å²) in [6.07, 6.45) is 0.0623. The minimum atomic E-state index is -1.30. The lowest BCUT2D eigenvalue weighted by molar-refractivity contribution is -0.180. The van der Waals surface area contributed by atoms with Crippen molar-refractivity contribution in [3.8, 4) is 5.75 Å². The number of fused-ring (bicyclic) bond motifs is 2. The van der Waals surface area contributed by atoms with Crippen molar-refractivity contribution in [3.05, 3.63) is 59.2 Å². The van der Waals surface area contributed by atoms with Crippen molar-refractivity contribution in [1.29, 1.82) is 0 Å². The Morgan fingerprint density at radius 1 is 1.12 bits per heavy atom. The summed E-state index contributed by atoms with van der Waals surface area (Å²) in [7, 11) is 0. The zero-order valence-corrected chi connectivity index (χ0v) is 15.3. The van der Waals surface area contributed by atoms with Gasteiger partial charge in [-0.05, 0) is 32.4 Å². The summed E-state index contributed by atoms with van der Waals surface area (Å²) in [6.45, 7) is 7.23. The van der Waals surface area contributed by atoms with E-state index < -0.39 is 5.79 Å².